The van der Waals surface area contributed by atoms with Crippen LogP contribution in [0.1, 0.15) is 27.7 Å². The molecule has 98 valence electrons. The van der Waals surface area contributed by atoms with E-state index in [9.17, 15) is 15.0 Å². The standard InChI is InChI=1S/C11H18O6/c1-9(2)15-5-10(3,17-9)8-11(4,14)6(12)7(13)16-8/h6,8,12,14H,5H2,1-4H3/t6-,8-,10-,11-/m0/s1. The minimum Gasteiger partial charge on any atom is -0.454 e. The van der Waals surface area contributed by atoms with E-state index < -0.39 is 35.2 Å². The smallest absolute Gasteiger partial charge is 0.338 e. The van der Waals surface area contributed by atoms with Crippen molar-refractivity contribution in [3.63, 3.8) is 0 Å². The first-order valence-corrected chi connectivity index (χ1v) is 5.54. The first-order valence-electron chi connectivity index (χ1n) is 5.54. The van der Waals surface area contributed by atoms with Gasteiger partial charge in [0.25, 0.3) is 0 Å². The van der Waals surface area contributed by atoms with Crippen LogP contribution in [-0.4, -0.2) is 52.0 Å². The van der Waals surface area contributed by atoms with Gasteiger partial charge in [0.2, 0.25) is 0 Å². The summed E-state index contributed by atoms with van der Waals surface area (Å²) < 4.78 is 16.1. The van der Waals surface area contributed by atoms with Gasteiger partial charge in [0.15, 0.2) is 18.0 Å². The maximum atomic E-state index is 11.3. The molecule has 2 aliphatic heterocycles. The number of hydrogen-bond donors (Lipinski definition) is 2. The fourth-order valence-electron chi connectivity index (χ4n) is 2.49. The molecule has 0 radical (unpaired) electrons. The Labute approximate surface area is 99.5 Å². The Morgan fingerprint density at radius 3 is 2.24 bits per heavy atom. The first-order chi connectivity index (χ1) is 7.58. The van der Waals surface area contributed by atoms with Crippen molar-refractivity contribution in [2.24, 2.45) is 0 Å². The van der Waals surface area contributed by atoms with Gasteiger partial charge < -0.3 is 24.4 Å². The van der Waals surface area contributed by atoms with Crippen molar-refractivity contribution in [1.29, 1.82) is 0 Å². The Morgan fingerprint density at radius 2 is 1.88 bits per heavy atom. The molecule has 0 amide bonds. The predicted octanol–water partition coefficient (Wildman–Crippen LogP) is -0.435. The Balaban J connectivity index is 2.27. The van der Waals surface area contributed by atoms with Gasteiger partial charge in [0.05, 0.1) is 6.61 Å². The maximum Gasteiger partial charge on any atom is 0.338 e. The van der Waals surface area contributed by atoms with E-state index in [1.165, 1.54) is 6.92 Å². The van der Waals surface area contributed by atoms with Crippen LogP contribution in [0, 0.1) is 0 Å². The van der Waals surface area contributed by atoms with Gasteiger partial charge in [-0.1, -0.05) is 0 Å². The summed E-state index contributed by atoms with van der Waals surface area (Å²) in [5.41, 5.74) is -2.66. The molecular formula is C11H18O6. The van der Waals surface area contributed by atoms with Crippen molar-refractivity contribution >= 4 is 5.97 Å². The van der Waals surface area contributed by atoms with Crippen LogP contribution in [0.15, 0.2) is 0 Å². The third kappa shape index (κ3) is 1.85. The van der Waals surface area contributed by atoms with Gasteiger partial charge in [-0.15, -0.1) is 0 Å². The first kappa shape index (κ1) is 12.8. The highest BCUT2D eigenvalue weighted by Crippen LogP contribution is 2.42. The van der Waals surface area contributed by atoms with E-state index in [0.29, 0.717) is 0 Å². The summed E-state index contributed by atoms with van der Waals surface area (Å²) in [4.78, 5) is 11.3. The number of carbonyl (C=O) groups excluding carboxylic acids is 1. The van der Waals surface area contributed by atoms with Crippen LogP contribution in [0.2, 0.25) is 0 Å². The van der Waals surface area contributed by atoms with E-state index in [0.717, 1.165) is 0 Å². The quantitative estimate of drug-likeness (QED) is 0.610. The lowest BCUT2D eigenvalue weighted by molar-refractivity contribution is -0.204. The second-order valence-electron chi connectivity index (χ2n) is 5.55. The highest BCUT2D eigenvalue weighted by Gasteiger charge is 2.63. The fourth-order valence-corrected chi connectivity index (χ4v) is 2.49. The van der Waals surface area contributed by atoms with Crippen molar-refractivity contribution in [2.45, 2.75) is 56.9 Å². The summed E-state index contributed by atoms with van der Waals surface area (Å²) in [7, 11) is 0. The molecule has 0 aromatic rings. The second-order valence-corrected chi connectivity index (χ2v) is 5.55. The molecule has 6 heteroatoms. The van der Waals surface area contributed by atoms with Crippen LogP contribution >= 0.6 is 0 Å². The second kappa shape index (κ2) is 3.41. The van der Waals surface area contributed by atoms with Crippen molar-refractivity contribution in [3.05, 3.63) is 0 Å². The third-order valence-electron chi connectivity index (χ3n) is 3.28. The van der Waals surface area contributed by atoms with Crippen LogP contribution in [0.3, 0.4) is 0 Å². The Hall–Kier alpha value is -0.690. The Kier molecular flexibility index (Phi) is 2.56. The predicted molar refractivity (Wildman–Crippen MR) is 56.0 cm³/mol. The molecule has 2 fully saturated rings. The van der Waals surface area contributed by atoms with Crippen molar-refractivity contribution in [2.75, 3.05) is 6.61 Å². The molecule has 0 bridgehead atoms. The largest absolute Gasteiger partial charge is 0.454 e. The zero-order chi connectivity index (χ0) is 13.1. The molecule has 17 heavy (non-hydrogen) atoms. The number of hydrogen-bond acceptors (Lipinski definition) is 6. The van der Waals surface area contributed by atoms with Crippen LogP contribution in [0.4, 0.5) is 0 Å². The lowest BCUT2D eigenvalue weighted by atomic mass is 9.85. The van der Waals surface area contributed by atoms with E-state index in [-0.39, 0.29) is 6.61 Å². The maximum absolute atomic E-state index is 11.3. The third-order valence-corrected chi connectivity index (χ3v) is 3.28. The van der Waals surface area contributed by atoms with Crippen LogP contribution in [-0.2, 0) is 19.0 Å². The number of aliphatic hydroxyl groups is 2. The zero-order valence-corrected chi connectivity index (χ0v) is 10.4. The summed E-state index contributed by atoms with van der Waals surface area (Å²) in [5.74, 6) is -1.64. The molecule has 0 aromatic carbocycles. The molecule has 2 saturated heterocycles. The van der Waals surface area contributed by atoms with Crippen LogP contribution < -0.4 is 0 Å². The normalized spacial score (nSPS) is 49.4. The van der Waals surface area contributed by atoms with Crippen LogP contribution in [0.5, 0.6) is 0 Å². The summed E-state index contributed by atoms with van der Waals surface area (Å²) in [6.07, 6.45) is -2.52. The summed E-state index contributed by atoms with van der Waals surface area (Å²) in [5, 5.41) is 19.7. The molecule has 0 spiro atoms. The number of esters is 1. The lowest BCUT2D eigenvalue weighted by Crippen LogP contribution is -2.56. The molecule has 0 aliphatic carbocycles. The molecule has 0 aromatic heterocycles. The zero-order valence-electron chi connectivity index (χ0n) is 10.4. The van der Waals surface area contributed by atoms with Gasteiger partial charge in [-0.25, -0.2) is 4.79 Å². The van der Waals surface area contributed by atoms with Gasteiger partial charge in [0, 0.05) is 0 Å². The average molecular weight is 246 g/mol. The van der Waals surface area contributed by atoms with E-state index >= 15 is 0 Å². The summed E-state index contributed by atoms with van der Waals surface area (Å²) >= 11 is 0. The van der Waals surface area contributed by atoms with Gasteiger partial charge in [0.1, 0.15) is 11.2 Å². The number of ether oxygens (including phenoxy) is 3. The molecule has 2 aliphatic rings. The lowest BCUT2D eigenvalue weighted by Gasteiger charge is -2.36. The Morgan fingerprint density at radius 1 is 1.29 bits per heavy atom. The average Bonchev–Trinajstić information content (AvgIpc) is 2.57. The van der Waals surface area contributed by atoms with Gasteiger partial charge in [-0.05, 0) is 27.7 Å². The SMILES string of the molecule is CC1(C)OC[C@@](C)([C@@H]2OC(=O)[C@H](O)[C@]2(C)O)O1. The van der Waals surface area contributed by atoms with E-state index in [1.807, 2.05) is 0 Å². The highest BCUT2D eigenvalue weighted by atomic mass is 16.8. The van der Waals surface area contributed by atoms with Crippen molar-refractivity contribution in [3.8, 4) is 0 Å². The molecule has 6 nitrogen and oxygen atoms in total. The van der Waals surface area contributed by atoms with Gasteiger partial charge in [-0.2, -0.15) is 0 Å². The summed E-state index contributed by atoms with van der Waals surface area (Å²) in [6, 6.07) is 0. The molecule has 0 unspecified atom stereocenters. The Bertz CT molecular complexity index is 350. The number of rotatable bonds is 1. The molecule has 2 heterocycles. The van der Waals surface area contributed by atoms with E-state index in [4.69, 9.17) is 14.2 Å². The minimum atomic E-state index is -1.68. The monoisotopic (exact) mass is 246 g/mol. The van der Waals surface area contributed by atoms with Crippen LogP contribution in [0.25, 0.3) is 0 Å². The number of carbonyl (C=O) groups is 1. The molecule has 2 rings (SSSR count). The fraction of sp³-hybridized carbons (Fsp3) is 0.909. The topological polar surface area (TPSA) is 85.2 Å². The number of aliphatic hydroxyl groups excluding tert-OH is 1. The highest BCUT2D eigenvalue weighted by molar-refractivity contribution is 5.79. The molecule has 0 saturated carbocycles. The van der Waals surface area contributed by atoms with E-state index in [1.54, 1.807) is 20.8 Å². The van der Waals surface area contributed by atoms with Crippen molar-refractivity contribution < 1.29 is 29.2 Å². The van der Waals surface area contributed by atoms with Crippen molar-refractivity contribution in [1.82, 2.24) is 0 Å². The summed E-state index contributed by atoms with van der Waals surface area (Å²) in [6.45, 7) is 6.69. The molecule has 2 N–H and O–H groups in total. The van der Waals surface area contributed by atoms with Gasteiger partial charge >= 0.3 is 5.97 Å². The van der Waals surface area contributed by atoms with Gasteiger partial charge in [-0.3, -0.25) is 0 Å². The number of cyclic esters (lactones) is 1. The molecule has 4 atom stereocenters. The minimum absolute atomic E-state index is 0.181. The molecular weight excluding hydrogens is 228 g/mol. The van der Waals surface area contributed by atoms with E-state index in [2.05, 4.69) is 0 Å².